The first-order valence-electron chi connectivity index (χ1n) is 7.06. The molecule has 0 bridgehead atoms. The first-order chi connectivity index (χ1) is 10.1. The van der Waals surface area contributed by atoms with Crippen molar-refractivity contribution in [2.75, 3.05) is 0 Å². The normalized spacial score (nSPS) is 22.4. The van der Waals surface area contributed by atoms with Crippen molar-refractivity contribution >= 4 is 5.91 Å². The number of nitrogens with zero attached hydrogens (tertiary/aromatic N) is 2. The number of carbonyl (C=O) groups excluding carboxylic acids is 1. The van der Waals surface area contributed by atoms with Crippen LogP contribution in [0.25, 0.3) is 0 Å². The average molecular weight is 286 g/mol. The molecule has 1 saturated carbocycles. The summed E-state index contributed by atoms with van der Waals surface area (Å²) in [6.07, 6.45) is 1.15. The van der Waals surface area contributed by atoms with Gasteiger partial charge in [-0.1, -0.05) is 30.3 Å². The van der Waals surface area contributed by atoms with Gasteiger partial charge in [-0.15, -0.1) is 0 Å². The molecule has 3 N–H and O–H groups in total. The quantitative estimate of drug-likeness (QED) is 0.791. The fourth-order valence-electron chi connectivity index (χ4n) is 2.74. The van der Waals surface area contributed by atoms with E-state index in [4.69, 9.17) is 0 Å². The number of hydrogen-bond donors (Lipinski definition) is 3. The van der Waals surface area contributed by atoms with E-state index < -0.39 is 0 Å². The van der Waals surface area contributed by atoms with Crippen LogP contribution in [-0.2, 0) is 0 Å². The Labute approximate surface area is 122 Å². The molecule has 6 heteroatoms. The molecule has 1 aliphatic rings. The summed E-state index contributed by atoms with van der Waals surface area (Å²) >= 11 is 0. The number of rotatable bonds is 4. The topological polar surface area (TPSA) is 90.9 Å². The molecule has 1 aromatic carbocycles. The number of nitrogens with one attached hydrogen (secondary N) is 2. The van der Waals surface area contributed by atoms with Gasteiger partial charge in [-0.2, -0.15) is 15.4 Å². The number of amides is 1. The van der Waals surface area contributed by atoms with Gasteiger partial charge in [0.05, 0.1) is 17.8 Å². The summed E-state index contributed by atoms with van der Waals surface area (Å²) in [7, 11) is 0. The number of carbonyl (C=O) groups is 1. The van der Waals surface area contributed by atoms with E-state index in [0.717, 1.165) is 5.56 Å². The van der Waals surface area contributed by atoms with Crippen LogP contribution in [0.4, 0.5) is 0 Å². The van der Waals surface area contributed by atoms with Gasteiger partial charge in [0.15, 0.2) is 5.69 Å². The zero-order valence-corrected chi connectivity index (χ0v) is 11.8. The summed E-state index contributed by atoms with van der Waals surface area (Å²) < 4.78 is 0. The van der Waals surface area contributed by atoms with Gasteiger partial charge in [0, 0.05) is 0 Å². The number of aromatic amines is 1. The Bertz CT molecular complexity index is 620. The van der Waals surface area contributed by atoms with Gasteiger partial charge < -0.3 is 10.4 Å². The fourth-order valence-corrected chi connectivity index (χ4v) is 2.74. The lowest BCUT2D eigenvalue weighted by atomic mass is 9.75. The Kier molecular flexibility index (Phi) is 3.70. The Balaban J connectivity index is 1.80. The van der Waals surface area contributed by atoms with Gasteiger partial charge in [-0.05, 0) is 31.2 Å². The maximum Gasteiger partial charge on any atom is 0.274 e. The van der Waals surface area contributed by atoms with Crippen LogP contribution in [0.1, 0.15) is 40.6 Å². The zero-order valence-electron chi connectivity index (χ0n) is 11.8. The van der Waals surface area contributed by atoms with Gasteiger partial charge in [-0.25, -0.2) is 0 Å². The molecule has 1 aliphatic carbocycles. The molecule has 1 aromatic heterocycles. The number of benzene rings is 1. The van der Waals surface area contributed by atoms with E-state index in [-0.39, 0.29) is 24.0 Å². The smallest absolute Gasteiger partial charge is 0.274 e. The maximum atomic E-state index is 12.3. The zero-order chi connectivity index (χ0) is 14.8. The molecule has 0 saturated heterocycles. The van der Waals surface area contributed by atoms with Gasteiger partial charge >= 0.3 is 0 Å². The summed E-state index contributed by atoms with van der Waals surface area (Å²) in [6.45, 7) is 1.74. The lowest BCUT2D eigenvalue weighted by molar-refractivity contribution is 0.0234. The van der Waals surface area contributed by atoms with Crippen LogP contribution in [0, 0.1) is 12.8 Å². The van der Waals surface area contributed by atoms with Gasteiger partial charge in [-0.3, -0.25) is 4.79 Å². The molecule has 2 aromatic rings. The molecule has 1 atom stereocenters. The van der Waals surface area contributed by atoms with Gasteiger partial charge in [0.2, 0.25) is 0 Å². The van der Waals surface area contributed by atoms with Crippen LogP contribution in [0.3, 0.4) is 0 Å². The Morgan fingerprint density at radius 1 is 1.33 bits per heavy atom. The van der Waals surface area contributed by atoms with Crippen molar-refractivity contribution in [1.29, 1.82) is 0 Å². The Morgan fingerprint density at radius 2 is 2.05 bits per heavy atom. The molecular weight excluding hydrogens is 268 g/mol. The molecule has 21 heavy (non-hydrogen) atoms. The third-order valence-electron chi connectivity index (χ3n) is 4.00. The van der Waals surface area contributed by atoms with E-state index in [1.165, 1.54) is 0 Å². The van der Waals surface area contributed by atoms with E-state index in [0.29, 0.717) is 24.2 Å². The summed E-state index contributed by atoms with van der Waals surface area (Å²) in [6, 6.07) is 9.71. The molecule has 1 fully saturated rings. The fraction of sp³-hybridized carbons (Fsp3) is 0.400. The van der Waals surface area contributed by atoms with Crippen LogP contribution in [0.5, 0.6) is 0 Å². The van der Waals surface area contributed by atoms with Gasteiger partial charge in [0.25, 0.3) is 5.91 Å². The minimum Gasteiger partial charge on any atom is -0.393 e. The van der Waals surface area contributed by atoms with Gasteiger partial charge in [0.1, 0.15) is 0 Å². The van der Waals surface area contributed by atoms with Crippen molar-refractivity contribution in [3.05, 3.63) is 47.3 Å². The first kappa shape index (κ1) is 13.8. The molecule has 6 nitrogen and oxygen atoms in total. The predicted molar refractivity (Wildman–Crippen MR) is 76.5 cm³/mol. The minimum atomic E-state index is -0.257. The third-order valence-corrected chi connectivity index (χ3v) is 4.00. The summed E-state index contributed by atoms with van der Waals surface area (Å²) in [4.78, 5) is 12.3. The van der Waals surface area contributed by atoms with E-state index in [9.17, 15) is 9.90 Å². The van der Waals surface area contributed by atoms with Crippen LogP contribution in [0.15, 0.2) is 30.3 Å². The minimum absolute atomic E-state index is 0.113. The van der Waals surface area contributed by atoms with Crippen molar-refractivity contribution in [1.82, 2.24) is 20.7 Å². The molecule has 1 amide bonds. The van der Waals surface area contributed by atoms with Crippen LogP contribution in [0.2, 0.25) is 0 Å². The summed E-state index contributed by atoms with van der Waals surface area (Å²) in [5, 5.41) is 22.8. The first-order valence-corrected chi connectivity index (χ1v) is 7.06. The Hall–Kier alpha value is -2.21. The van der Waals surface area contributed by atoms with E-state index in [1.807, 2.05) is 30.3 Å². The highest BCUT2D eigenvalue weighted by Crippen LogP contribution is 2.38. The molecule has 0 radical (unpaired) electrons. The second-order valence-electron chi connectivity index (χ2n) is 5.50. The van der Waals surface area contributed by atoms with Crippen molar-refractivity contribution in [3.8, 4) is 0 Å². The molecule has 0 spiro atoms. The second kappa shape index (κ2) is 5.65. The van der Waals surface area contributed by atoms with Crippen molar-refractivity contribution in [3.63, 3.8) is 0 Å². The molecule has 0 unspecified atom stereocenters. The maximum absolute atomic E-state index is 12.3. The van der Waals surface area contributed by atoms with Crippen LogP contribution in [-0.4, -0.2) is 32.5 Å². The van der Waals surface area contributed by atoms with E-state index >= 15 is 0 Å². The summed E-state index contributed by atoms with van der Waals surface area (Å²) in [5.41, 5.74) is 1.94. The van der Waals surface area contributed by atoms with Crippen molar-refractivity contribution in [2.45, 2.75) is 31.9 Å². The second-order valence-corrected chi connectivity index (χ2v) is 5.50. The van der Waals surface area contributed by atoms with Crippen molar-refractivity contribution < 1.29 is 9.90 Å². The predicted octanol–water partition coefficient (Wildman–Crippen LogP) is 1.36. The number of aromatic nitrogens is 3. The van der Waals surface area contributed by atoms with Crippen molar-refractivity contribution in [2.24, 2.45) is 5.92 Å². The largest absolute Gasteiger partial charge is 0.393 e. The molecular formula is C15H18N4O2. The van der Waals surface area contributed by atoms with Crippen LogP contribution >= 0.6 is 0 Å². The molecule has 3 rings (SSSR count). The average Bonchev–Trinajstić information content (AvgIpc) is 2.89. The molecule has 1 heterocycles. The standard InChI is InChI=1S/C15H18N4O2/c1-9-13(18-19-17-9)15(21)16-14(11-7-12(20)8-11)10-5-3-2-4-6-10/h2-6,11-12,14,20H,7-8H2,1H3,(H,16,21)(H,17,18,19)/t11?,12?,14-/m0/s1. The number of H-pyrrole nitrogens is 1. The highest BCUT2D eigenvalue weighted by atomic mass is 16.3. The van der Waals surface area contributed by atoms with E-state index in [1.54, 1.807) is 6.92 Å². The summed E-state index contributed by atoms with van der Waals surface area (Å²) in [5.74, 6) is 0.00931. The number of hydrogen-bond acceptors (Lipinski definition) is 4. The monoisotopic (exact) mass is 286 g/mol. The lowest BCUT2D eigenvalue weighted by Crippen LogP contribution is -2.41. The van der Waals surface area contributed by atoms with E-state index in [2.05, 4.69) is 20.7 Å². The lowest BCUT2D eigenvalue weighted by Gasteiger charge is -2.38. The molecule has 0 aliphatic heterocycles. The third kappa shape index (κ3) is 2.80. The highest BCUT2D eigenvalue weighted by molar-refractivity contribution is 5.93. The molecule has 110 valence electrons. The Morgan fingerprint density at radius 3 is 2.62 bits per heavy atom. The van der Waals surface area contributed by atoms with Crippen LogP contribution < -0.4 is 5.32 Å². The SMILES string of the molecule is Cc1n[nH]nc1C(=O)N[C@@H](c1ccccc1)C1CC(O)C1. The number of aliphatic hydroxyl groups is 1. The number of aryl methyl sites for hydroxylation is 1. The number of aliphatic hydroxyl groups excluding tert-OH is 1. The highest BCUT2D eigenvalue weighted by Gasteiger charge is 2.36.